The Balaban J connectivity index is 1.64. The Morgan fingerprint density at radius 2 is 1.96 bits per heavy atom. The summed E-state index contributed by atoms with van der Waals surface area (Å²) in [6.07, 6.45) is 2.93. The fraction of sp³-hybridized carbons (Fsp3) is 0.412. The summed E-state index contributed by atoms with van der Waals surface area (Å²) in [4.78, 5) is 4.35. The van der Waals surface area contributed by atoms with Gasteiger partial charge in [-0.25, -0.2) is 0 Å². The van der Waals surface area contributed by atoms with E-state index in [0.29, 0.717) is 40.1 Å². The van der Waals surface area contributed by atoms with E-state index in [4.69, 9.17) is 18.4 Å². The monoisotopic (exact) mass is 376 g/mol. The van der Waals surface area contributed by atoms with Crippen LogP contribution < -0.4 is 9.47 Å². The van der Waals surface area contributed by atoms with Crippen molar-refractivity contribution in [2.45, 2.75) is 37.2 Å². The molecule has 0 unspecified atom stereocenters. The van der Waals surface area contributed by atoms with Gasteiger partial charge in [-0.15, -0.1) is 10.2 Å². The Labute approximate surface area is 155 Å². The summed E-state index contributed by atoms with van der Waals surface area (Å²) < 4.78 is 21.4. The highest BCUT2D eigenvalue weighted by Crippen LogP contribution is 2.32. The minimum absolute atomic E-state index is 0.408. The molecule has 2 heterocycles. The molecule has 3 rings (SSSR count). The second-order valence-corrected chi connectivity index (χ2v) is 6.37. The molecule has 0 amide bonds. The molecular formula is C17H20N4O4S. The molecule has 0 saturated carbocycles. The molecule has 138 valence electrons. The number of aromatic nitrogens is 4. The lowest BCUT2D eigenvalue weighted by atomic mass is 10.2. The van der Waals surface area contributed by atoms with Gasteiger partial charge in [0.2, 0.25) is 11.8 Å². The average molecular weight is 376 g/mol. The molecule has 8 nitrogen and oxygen atoms in total. The van der Waals surface area contributed by atoms with Gasteiger partial charge >= 0.3 is 0 Å². The number of methoxy groups -OCH3 is 2. The van der Waals surface area contributed by atoms with E-state index in [1.54, 1.807) is 26.4 Å². The molecule has 9 heteroatoms. The fourth-order valence-electron chi connectivity index (χ4n) is 2.26. The maximum Gasteiger partial charge on any atom is 0.277 e. The number of benzene rings is 1. The van der Waals surface area contributed by atoms with Crippen molar-refractivity contribution in [2.24, 2.45) is 0 Å². The van der Waals surface area contributed by atoms with E-state index < -0.39 is 0 Å². The van der Waals surface area contributed by atoms with Crippen LogP contribution in [0.5, 0.6) is 11.5 Å². The van der Waals surface area contributed by atoms with Crippen LogP contribution in [0, 0.1) is 0 Å². The van der Waals surface area contributed by atoms with Gasteiger partial charge < -0.3 is 18.4 Å². The summed E-state index contributed by atoms with van der Waals surface area (Å²) in [5, 5.41) is 12.5. The average Bonchev–Trinajstić information content (AvgIpc) is 3.33. The van der Waals surface area contributed by atoms with Crippen LogP contribution in [0.25, 0.3) is 11.5 Å². The summed E-state index contributed by atoms with van der Waals surface area (Å²) in [6.45, 7) is 2.12. The Morgan fingerprint density at radius 3 is 2.73 bits per heavy atom. The van der Waals surface area contributed by atoms with Crippen molar-refractivity contribution in [3.63, 3.8) is 0 Å². The van der Waals surface area contributed by atoms with Crippen molar-refractivity contribution in [3.8, 4) is 23.0 Å². The van der Waals surface area contributed by atoms with Crippen molar-refractivity contribution in [2.75, 3.05) is 14.2 Å². The highest BCUT2D eigenvalue weighted by molar-refractivity contribution is 7.98. The van der Waals surface area contributed by atoms with Crippen molar-refractivity contribution in [1.29, 1.82) is 0 Å². The highest BCUT2D eigenvalue weighted by atomic mass is 32.2. The van der Waals surface area contributed by atoms with Crippen LogP contribution in [0.15, 0.2) is 32.4 Å². The topological polar surface area (TPSA) is 96.3 Å². The Kier molecular flexibility index (Phi) is 6.11. The van der Waals surface area contributed by atoms with Crippen LogP contribution >= 0.6 is 11.8 Å². The van der Waals surface area contributed by atoms with E-state index in [0.717, 1.165) is 24.8 Å². The number of ether oxygens (including phenoxy) is 2. The Morgan fingerprint density at radius 1 is 1.12 bits per heavy atom. The van der Waals surface area contributed by atoms with E-state index in [2.05, 4.69) is 27.3 Å². The predicted octanol–water partition coefficient (Wildman–Crippen LogP) is 3.77. The first-order valence-electron chi connectivity index (χ1n) is 8.23. The largest absolute Gasteiger partial charge is 0.493 e. The third-order valence-corrected chi connectivity index (χ3v) is 4.43. The first-order chi connectivity index (χ1) is 12.7. The van der Waals surface area contributed by atoms with Gasteiger partial charge in [0, 0.05) is 12.0 Å². The van der Waals surface area contributed by atoms with Gasteiger partial charge in [0.1, 0.15) is 0 Å². The number of unbranched alkanes of at least 4 members (excludes halogenated alkanes) is 1. The second-order valence-electron chi connectivity index (χ2n) is 5.44. The minimum Gasteiger partial charge on any atom is -0.493 e. The SMILES string of the molecule is CCCCc1nc(CSc2nnc(-c3ccc(OC)c(OC)c3)o2)no1. The molecule has 0 aliphatic heterocycles. The van der Waals surface area contributed by atoms with Crippen molar-refractivity contribution >= 4 is 11.8 Å². The molecule has 0 fully saturated rings. The normalized spacial score (nSPS) is 10.9. The molecule has 1 aromatic carbocycles. The lowest BCUT2D eigenvalue weighted by Crippen LogP contribution is -1.90. The molecule has 0 N–H and O–H groups in total. The zero-order chi connectivity index (χ0) is 18.4. The third-order valence-electron chi connectivity index (χ3n) is 3.62. The van der Waals surface area contributed by atoms with Crippen LogP contribution in [0.1, 0.15) is 31.5 Å². The van der Waals surface area contributed by atoms with E-state index in [9.17, 15) is 0 Å². The number of thioether (sulfide) groups is 1. The summed E-state index contributed by atoms with van der Waals surface area (Å²) in [7, 11) is 3.17. The van der Waals surface area contributed by atoms with Crippen LogP contribution in [-0.2, 0) is 12.2 Å². The van der Waals surface area contributed by atoms with Crippen molar-refractivity contribution in [1.82, 2.24) is 20.3 Å². The minimum atomic E-state index is 0.408. The lowest BCUT2D eigenvalue weighted by Gasteiger charge is -2.07. The number of hydrogen-bond donors (Lipinski definition) is 0. The molecule has 0 atom stereocenters. The highest BCUT2D eigenvalue weighted by Gasteiger charge is 2.14. The number of nitrogens with zero attached hydrogens (tertiary/aromatic N) is 4. The molecule has 3 aromatic rings. The van der Waals surface area contributed by atoms with Gasteiger partial charge in [-0.3, -0.25) is 0 Å². The van der Waals surface area contributed by atoms with E-state index >= 15 is 0 Å². The van der Waals surface area contributed by atoms with Crippen molar-refractivity contribution in [3.05, 3.63) is 29.9 Å². The van der Waals surface area contributed by atoms with Crippen LogP contribution in [0.2, 0.25) is 0 Å². The molecule has 0 saturated heterocycles. The molecular weight excluding hydrogens is 356 g/mol. The zero-order valence-corrected chi connectivity index (χ0v) is 15.7. The predicted molar refractivity (Wildman–Crippen MR) is 95.3 cm³/mol. The summed E-state index contributed by atoms with van der Waals surface area (Å²) >= 11 is 1.36. The molecule has 0 radical (unpaired) electrons. The van der Waals surface area contributed by atoms with Crippen LogP contribution in [-0.4, -0.2) is 34.6 Å². The first kappa shape index (κ1) is 18.2. The molecule has 0 spiro atoms. The third kappa shape index (κ3) is 4.34. The molecule has 0 bridgehead atoms. The molecule has 26 heavy (non-hydrogen) atoms. The first-order valence-corrected chi connectivity index (χ1v) is 9.22. The zero-order valence-electron chi connectivity index (χ0n) is 14.9. The lowest BCUT2D eigenvalue weighted by molar-refractivity contribution is 0.355. The summed E-state index contributed by atoms with van der Waals surface area (Å²) in [5.41, 5.74) is 0.753. The maximum absolute atomic E-state index is 5.69. The number of hydrogen-bond acceptors (Lipinski definition) is 9. The quantitative estimate of drug-likeness (QED) is 0.517. The Hall–Kier alpha value is -2.55. The van der Waals surface area contributed by atoms with E-state index in [-0.39, 0.29) is 0 Å². The van der Waals surface area contributed by atoms with E-state index in [1.165, 1.54) is 11.8 Å². The van der Waals surface area contributed by atoms with Gasteiger partial charge in [0.05, 0.1) is 20.0 Å². The molecule has 2 aromatic heterocycles. The van der Waals surface area contributed by atoms with Crippen LogP contribution in [0.3, 0.4) is 0 Å². The number of aryl methyl sites for hydroxylation is 1. The molecule has 0 aliphatic rings. The van der Waals surface area contributed by atoms with Gasteiger partial charge in [0.25, 0.3) is 5.22 Å². The van der Waals surface area contributed by atoms with Crippen LogP contribution in [0.4, 0.5) is 0 Å². The fourth-order valence-corrected chi connectivity index (χ4v) is 2.86. The van der Waals surface area contributed by atoms with Gasteiger partial charge in [-0.1, -0.05) is 30.3 Å². The Bertz CT molecular complexity index is 849. The smallest absolute Gasteiger partial charge is 0.277 e. The summed E-state index contributed by atoms with van der Waals surface area (Å²) in [6, 6.07) is 5.42. The standard InChI is InChI=1S/C17H20N4O4S/c1-4-5-6-15-18-14(21-25-15)10-26-17-20-19-16(24-17)11-7-8-12(22-2)13(9-11)23-3/h7-9H,4-6,10H2,1-3H3. The van der Waals surface area contributed by atoms with Gasteiger partial charge in [-0.05, 0) is 24.6 Å². The molecule has 0 aliphatic carbocycles. The van der Waals surface area contributed by atoms with Gasteiger partial charge in [0.15, 0.2) is 17.3 Å². The van der Waals surface area contributed by atoms with E-state index in [1.807, 2.05) is 6.07 Å². The second kappa shape index (κ2) is 8.70. The van der Waals surface area contributed by atoms with Gasteiger partial charge in [-0.2, -0.15) is 4.98 Å². The van der Waals surface area contributed by atoms with Crippen molar-refractivity contribution < 1.29 is 18.4 Å². The summed E-state index contributed by atoms with van der Waals surface area (Å²) in [5.74, 6) is 3.43. The maximum atomic E-state index is 5.69. The number of rotatable bonds is 9.